The van der Waals surface area contributed by atoms with E-state index in [9.17, 15) is 0 Å². The van der Waals surface area contributed by atoms with Gasteiger partial charge in [0.15, 0.2) is 0 Å². The summed E-state index contributed by atoms with van der Waals surface area (Å²) < 4.78 is 27.7. The van der Waals surface area contributed by atoms with Crippen LogP contribution in [-0.4, -0.2) is 64.1 Å². The van der Waals surface area contributed by atoms with Crippen LogP contribution in [0.25, 0.3) is 0 Å². The third-order valence-corrected chi connectivity index (χ3v) is 4.51. The van der Waals surface area contributed by atoms with Gasteiger partial charge in [0.05, 0.1) is 51.8 Å². The quantitative estimate of drug-likeness (QED) is 0.609. The van der Waals surface area contributed by atoms with Crippen molar-refractivity contribution in [1.82, 2.24) is 0 Å². The Balaban J connectivity index is 1.28. The van der Waals surface area contributed by atoms with Gasteiger partial charge in [-0.05, 0) is 19.3 Å². The summed E-state index contributed by atoms with van der Waals surface area (Å²) in [6.45, 7) is 4.70. The van der Waals surface area contributed by atoms with Crippen LogP contribution in [0.3, 0.4) is 0 Å². The van der Waals surface area contributed by atoms with Crippen LogP contribution in [0, 0.1) is 5.41 Å². The van der Waals surface area contributed by atoms with E-state index in [0.29, 0.717) is 24.4 Å². The molecule has 108 valence electrons. The summed E-state index contributed by atoms with van der Waals surface area (Å²) in [6, 6.07) is 0. The minimum atomic E-state index is 0.140. The highest BCUT2D eigenvalue weighted by molar-refractivity contribution is 4.99. The summed E-state index contributed by atoms with van der Waals surface area (Å²) in [4.78, 5) is 0. The van der Waals surface area contributed by atoms with E-state index in [-0.39, 0.29) is 5.41 Å². The summed E-state index contributed by atoms with van der Waals surface area (Å²) in [5.74, 6) is 0. The van der Waals surface area contributed by atoms with E-state index >= 15 is 0 Å². The maximum Gasteiger partial charge on any atom is 0.104 e. The van der Waals surface area contributed by atoms with Crippen LogP contribution in [0.4, 0.5) is 0 Å². The van der Waals surface area contributed by atoms with Crippen LogP contribution in [0.5, 0.6) is 0 Å². The van der Waals surface area contributed by atoms with Gasteiger partial charge in [0.2, 0.25) is 0 Å². The van der Waals surface area contributed by atoms with Gasteiger partial charge in [-0.1, -0.05) is 0 Å². The van der Waals surface area contributed by atoms with Crippen LogP contribution in [0.1, 0.15) is 19.3 Å². The van der Waals surface area contributed by atoms with Crippen molar-refractivity contribution in [3.05, 3.63) is 0 Å². The maximum atomic E-state index is 5.85. The van der Waals surface area contributed by atoms with Gasteiger partial charge in [-0.15, -0.1) is 0 Å². The van der Waals surface area contributed by atoms with Crippen molar-refractivity contribution in [2.75, 3.05) is 39.6 Å². The minimum Gasteiger partial charge on any atom is -0.378 e. The molecular formula is C14H22O5. The first-order valence-corrected chi connectivity index (χ1v) is 7.37. The normalized spacial score (nSPS) is 46.7. The first-order chi connectivity index (χ1) is 9.33. The third-order valence-electron chi connectivity index (χ3n) is 4.51. The van der Waals surface area contributed by atoms with Crippen molar-refractivity contribution in [2.45, 2.75) is 43.7 Å². The molecule has 4 rings (SSSR count). The molecule has 3 aliphatic heterocycles. The molecule has 0 N–H and O–H groups in total. The van der Waals surface area contributed by atoms with Crippen LogP contribution in [-0.2, 0) is 23.7 Å². The number of ether oxygens (including phenoxy) is 5. The van der Waals surface area contributed by atoms with E-state index in [2.05, 4.69) is 0 Å². The average molecular weight is 270 g/mol. The number of hydrogen-bond acceptors (Lipinski definition) is 5. The highest BCUT2D eigenvalue weighted by atomic mass is 16.6. The van der Waals surface area contributed by atoms with Gasteiger partial charge in [0.25, 0.3) is 0 Å². The van der Waals surface area contributed by atoms with Crippen LogP contribution in [0.15, 0.2) is 0 Å². The van der Waals surface area contributed by atoms with Crippen LogP contribution < -0.4 is 0 Å². The van der Waals surface area contributed by atoms with Gasteiger partial charge in [-0.25, -0.2) is 0 Å². The molecule has 4 aliphatic rings. The fraction of sp³-hybridized carbons (Fsp3) is 1.00. The van der Waals surface area contributed by atoms with E-state index in [4.69, 9.17) is 23.7 Å². The van der Waals surface area contributed by atoms with E-state index in [0.717, 1.165) is 58.9 Å². The lowest BCUT2D eigenvalue weighted by Gasteiger charge is -2.35. The summed E-state index contributed by atoms with van der Waals surface area (Å²) in [5, 5.41) is 0. The molecule has 5 nitrogen and oxygen atoms in total. The molecule has 4 unspecified atom stereocenters. The number of hydrogen-bond donors (Lipinski definition) is 0. The van der Waals surface area contributed by atoms with E-state index in [1.54, 1.807) is 0 Å². The molecule has 4 fully saturated rings. The van der Waals surface area contributed by atoms with Crippen molar-refractivity contribution in [3.63, 3.8) is 0 Å². The maximum absolute atomic E-state index is 5.85. The monoisotopic (exact) mass is 270 g/mol. The van der Waals surface area contributed by atoms with Crippen molar-refractivity contribution in [1.29, 1.82) is 0 Å². The number of epoxide rings is 3. The lowest BCUT2D eigenvalue weighted by molar-refractivity contribution is -0.0437. The first kappa shape index (κ1) is 12.5. The Bertz CT molecular complexity index is 308. The minimum absolute atomic E-state index is 0.140. The second-order valence-corrected chi connectivity index (χ2v) is 6.40. The molecular weight excluding hydrogens is 248 g/mol. The zero-order valence-corrected chi connectivity index (χ0v) is 11.2. The molecule has 3 saturated heterocycles. The predicted molar refractivity (Wildman–Crippen MR) is 66.1 cm³/mol. The van der Waals surface area contributed by atoms with Crippen molar-refractivity contribution >= 4 is 0 Å². The second kappa shape index (κ2) is 4.97. The Morgan fingerprint density at radius 3 is 2.11 bits per heavy atom. The van der Waals surface area contributed by atoms with Crippen molar-refractivity contribution in [2.24, 2.45) is 5.41 Å². The average Bonchev–Trinajstić information content (AvgIpc) is 3.21. The second-order valence-electron chi connectivity index (χ2n) is 6.40. The Kier molecular flexibility index (Phi) is 3.28. The summed E-state index contributed by atoms with van der Waals surface area (Å²) in [7, 11) is 0. The molecule has 0 aromatic rings. The van der Waals surface area contributed by atoms with Crippen molar-refractivity contribution in [3.8, 4) is 0 Å². The van der Waals surface area contributed by atoms with Gasteiger partial charge in [-0.2, -0.15) is 0 Å². The SMILES string of the molecule is C(OCC1(COCC2CO2)CCC2OC2C1)C1CO1. The highest BCUT2D eigenvalue weighted by Crippen LogP contribution is 2.46. The molecule has 19 heavy (non-hydrogen) atoms. The summed E-state index contributed by atoms with van der Waals surface area (Å²) in [6.07, 6.45) is 5.02. The standard InChI is InChI=1S/C14H22O5/c1-2-14(3-13-12(1)19-13,8-15-4-10-6-17-10)9-16-5-11-7-18-11/h10-13H,1-9H2. The lowest BCUT2D eigenvalue weighted by Crippen LogP contribution is -2.38. The first-order valence-electron chi connectivity index (χ1n) is 7.37. The largest absolute Gasteiger partial charge is 0.378 e. The molecule has 0 amide bonds. The summed E-state index contributed by atoms with van der Waals surface area (Å²) in [5.41, 5.74) is 0.140. The van der Waals surface area contributed by atoms with Crippen molar-refractivity contribution < 1.29 is 23.7 Å². The zero-order chi connectivity index (χ0) is 12.7. The van der Waals surface area contributed by atoms with Gasteiger partial charge in [0.1, 0.15) is 12.2 Å². The molecule has 0 spiro atoms. The Hall–Kier alpha value is -0.200. The van der Waals surface area contributed by atoms with Crippen LogP contribution in [0.2, 0.25) is 0 Å². The van der Waals surface area contributed by atoms with Crippen LogP contribution >= 0.6 is 0 Å². The molecule has 3 heterocycles. The van der Waals surface area contributed by atoms with Gasteiger partial charge in [-0.3, -0.25) is 0 Å². The highest BCUT2D eigenvalue weighted by Gasteiger charge is 2.51. The van der Waals surface area contributed by atoms with Gasteiger partial charge >= 0.3 is 0 Å². The molecule has 4 atom stereocenters. The summed E-state index contributed by atoms with van der Waals surface area (Å²) >= 11 is 0. The fourth-order valence-electron chi connectivity index (χ4n) is 3.04. The molecule has 0 bridgehead atoms. The topological polar surface area (TPSA) is 56.1 Å². The molecule has 5 heteroatoms. The predicted octanol–water partition coefficient (Wildman–Crippen LogP) is 0.755. The Morgan fingerprint density at radius 2 is 1.58 bits per heavy atom. The Morgan fingerprint density at radius 1 is 0.947 bits per heavy atom. The molecule has 0 radical (unpaired) electrons. The molecule has 0 aromatic heterocycles. The number of rotatable bonds is 8. The fourth-order valence-corrected chi connectivity index (χ4v) is 3.04. The van der Waals surface area contributed by atoms with E-state index in [1.165, 1.54) is 0 Å². The van der Waals surface area contributed by atoms with Gasteiger partial charge < -0.3 is 23.7 Å². The molecule has 1 aliphatic carbocycles. The Labute approximate surface area is 113 Å². The lowest BCUT2D eigenvalue weighted by atomic mass is 9.75. The van der Waals surface area contributed by atoms with E-state index < -0.39 is 0 Å². The van der Waals surface area contributed by atoms with Gasteiger partial charge in [0, 0.05) is 5.41 Å². The number of fused-ring (bicyclic) bond motifs is 1. The molecule has 1 saturated carbocycles. The third kappa shape index (κ3) is 3.28. The van der Waals surface area contributed by atoms with E-state index in [1.807, 2.05) is 0 Å². The smallest absolute Gasteiger partial charge is 0.104 e. The zero-order valence-electron chi connectivity index (χ0n) is 11.2. The molecule has 0 aromatic carbocycles.